The van der Waals surface area contributed by atoms with Gasteiger partial charge in [-0.1, -0.05) is 13.3 Å². The van der Waals surface area contributed by atoms with Crippen molar-refractivity contribution < 1.29 is 0 Å². The zero-order valence-corrected chi connectivity index (χ0v) is 7.61. The van der Waals surface area contributed by atoms with Crippen molar-refractivity contribution in [3.8, 4) is 0 Å². The van der Waals surface area contributed by atoms with E-state index in [0.717, 1.165) is 12.3 Å². The molecule has 0 heterocycles. The van der Waals surface area contributed by atoms with E-state index in [0.29, 0.717) is 0 Å². The van der Waals surface area contributed by atoms with Gasteiger partial charge in [-0.25, -0.2) is 0 Å². The molecular formula is C4H9ClSn. The normalized spacial score (nSPS) is 7.00. The fraction of sp³-hybridized carbons (Fsp3) is 1.00. The number of alkyl halides is 1. The van der Waals surface area contributed by atoms with Crippen LogP contribution in [0.1, 0.15) is 19.8 Å². The van der Waals surface area contributed by atoms with Crippen LogP contribution in [0.2, 0.25) is 0 Å². The molecule has 0 fully saturated rings. The van der Waals surface area contributed by atoms with Crippen LogP contribution in [0.5, 0.6) is 0 Å². The molecule has 0 spiro atoms. The topological polar surface area (TPSA) is 0 Å². The Morgan fingerprint density at radius 1 is 1.50 bits per heavy atom. The molecule has 0 saturated carbocycles. The third kappa shape index (κ3) is 8.92. The molecule has 36 valence electrons. The number of hydrogen-bond acceptors (Lipinski definition) is 0. The Morgan fingerprint density at radius 3 is 2.00 bits per heavy atom. The van der Waals surface area contributed by atoms with Gasteiger partial charge in [0.05, 0.1) is 0 Å². The van der Waals surface area contributed by atoms with Crippen molar-refractivity contribution in [2.45, 2.75) is 19.8 Å². The van der Waals surface area contributed by atoms with Gasteiger partial charge < -0.3 is 0 Å². The van der Waals surface area contributed by atoms with Crippen LogP contribution in [-0.2, 0) is 0 Å². The zero-order chi connectivity index (χ0) is 4.12. The van der Waals surface area contributed by atoms with E-state index in [2.05, 4.69) is 6.92 Å². The number of unbranched alkanes of at least 4 members (excludes halogenated alkanes) is 1. The third-order valence-corrected chi connectivity index (χ3v) is 0.754. The molecule has 0 nitrogen and oxygen atoms in total. The second-order valence-corrected chi connectivity index (χ2v) is 1.42. The average Bonchev–Trinajstić information content (AvgIpc) is 1.41. The summed E-state index contributed by atoms with van der Waals surface area (Å²) in [4.78, 5) is 0. The van der Waals surface area contributed by atoms with Crippen molar-refractivity contribution >= 4 is 35.5 Å². The first-order valence-electron chi connectivity index (χ1n) is 1.97. The molecular weight excluding hydrogens is 202 g/mol. The molecule has 0 aromatic carbocycles. The van der Waals surface area contributed by atoms with Gasteiger partial charge in [-0.05, 0) is 6.42 Å². The van der Waals surface area contributed by atoms with E-state index in [4.69, 9.17) is 11.6 Å². The van der Waals surface area contributed by atoms with E-state index < -0.39 is 0 Å². The molecule has 0 aromatic rings. The molecule has 0 rings (SSSR count). The minimum Gasteiger partial charge on any atom is -0.127 e. The summed E-state index contributed by atoms with van der Waals surface area (Å²) in [7, 11) is 0. The van der Waals surface area contributed by atoms with E-state index in [9.17, 15) is 0 Å². The molecule has 0 unspecified atom stereocenters. The maximum absolute atomic E-state index is 5.30. The number of halogens is 1. The van der Waals surface area contributed by atoms with Crippen LogP contribution in [0, 0.1) is 0 Å². The number of hydrogen-bond donors (Lipinski definition) is 0. The summed E-state index contributed by atoms with van der Waals surface area (Å²) in [6.07, 6.45) is 2.37. The van der Waals surface area contributed by atoms with Gasteiger partial charge in [0, 0.05) is 29.8 Å². The molecule has 0 amide bonds. The SMILES string of the molecule is CCCCCl.[Sn]. The molecule has 0 aliphatic rings. The van der Waals surface area contributed by atoms with Crippen LogP contribution in [-0.4, -0.2) is 29.8 Å². The summed E-state index contributed by atoms with van der Waals surface area (Å²) in [5.41, 5.74) is 0. The Kier molecular flexibility index (Phi) is 16.0. The van der Waals surface area contributed by atoms with E-state index >= 15 is 0 Å². The standard InChI is InChI=1S/C4H9Cl.Sn/c1-2-3-4-5;/h2-4H2,1H3;. The average molecular weight is 211 g/mol. The van der Waals surface area contributed by atoms with Crippen molar-refractivity contribution in [1.29, 1.82) is 0 Å². The Labute approximate surface area is 61.2 Å². The van der Waals surface area contributed by atoms with Crippen LogP contribution in [0.3, 0.4) is 0 Å². The molecule has 0 saturated heterocycles. The largest absolute Gasteiger partial charge is 0.127 e. The van der Waals surface area contributed by atoms with Gasteiger partial charge in [0.25, 0.3) is 0 Å². The molecule has 0 aromatic heterocycles. The summed E-state index contributed by atoms with van der Waals surface area (Å²) in [5, 5.41) is 0. The van der Waals surface area contributed by atoms with Crippen molar-refractivity contribution in [3.05, 3.63) is 0 Å². The molecule has 6 heavy (non-hydrogen) atoms. The molecule has 4 radical (unpaired) electrons. The summed E-state index contributed by atoms with van der Waals surface area (Å²) < 4.78 is 0. The van der Waals surface area contributed by atoms with Crippen LogP contribution in [0.15, 0.2) is 0 Å². The molecule has 0 atom stereocenters. The second-order valence-electron chi connectivity index (χ2n) is 1.04. The van der Waals surface area contributed by atoms with Crippen LogP contribution < -0.4 is 0 Å². The van der Waals surface area contributed by atoms with Gasteiger partial charge in [0.1, 0.15) is 0 Å². The molecule has 0 N–H and O–H groups in total. The third-order valence-electron chi connectivity index (χ3n) is 0.487. The minimum absolute atomic E-state index is 0. The summed E-state index contributed by atoms with van der Waals surface area (Å²) in [5.74, 6) is 0.816. The van der Waals surface area contributed by atoms with E-state index in [1.54, 1.807) is 0 Å². The van der Waals surface area contributed by atoms with Crippen molar-refractivity contribution in [3.63, 3.8) is 0 Å². The number of rotatable bonds is 2. The maximum atomic E-state index is 5.30. The Bertz CT molecular complexity index is 15.0. The second kappa shape index (κ2) is 9.43. The van der Waals surface area contributed by atoms with Crippen LogP contribution in [0.25, 0.3) is 0 Å². The van der Waals surface area contributed by atoms with Crippen molar-refractivity contribution in [2.75, 3.05) is 5.88 Å². The molecule has 2 heteroatoms. The van der Waals surface area contributed by atoms with Gasteiger partial charge >= 0.3 is 0 Å². The van der Waals surface area contributed by atoms with Gasteiger partial charge in [-0.2, -0.15) is 0 Å². The molecule has 0 bridgehead atoms. The van der Waals surface area contributed by atoms with Crippen molar-refractivity contribution in [2.24, 2.45) is 0 Å². The Morgan fingerprint density at radius 2 is 2.00 bits per heavy atom. The van der Waals surface area contributed by atoms with E-state index in [1.165, 1.54) is 6.42 Å². The Balaban J connectivity index is 0. The van der Waals surface area contributed by atoms with Crippen molar-refractivity contribution in [1.82, 2.24) is 0 Å². The quantitative estimate of drug-likeness (QED) is 0.481. The monoisotopic (exact) mass is 212 g/mol. The van der Waals surface area contributed by atoms with Crippen LogP contribution >= 0.6 is 11.6 Å². The predicted molar refractivity (Wildman–Crippen MR) is 31.4 cm³/mol. The fourth-order valence-corrected chi connectivity index (χ4v) is 0.401. The minimum atomic E-state index is 0. The summed E-state index contributed by atoms with van der Waals surface area (Å²) in [6, 6.07) is 0. The van der Waals surface area contributed by atoms with Gasteiger partial charge in [0.2, 0.25) is 0 Å². The first-order chi connectivity index (χ1) is 2.41. The van der Waals surface area contributed by atoms with Gasteiger partial charge in [-0.15, -0.1) is 11.6 Å². The van der Waals surface area contributed by atoms with Gasteiger partial charge in [0.15, 0.2) is 0 Å². The molecule has 0 aliphatic carbocycles. The maximum Gasteiger partial charge on any atom is 0.0223 e. The van der Waals surface area contributed by atoms with Crippen LogP contribution in [0.4, 0.5) is 0 Å². The smallest absolute Gasteiger partial charge is 0.0223 e. The van der Waals surface area contributed by atoms with E-state index in [-0.39, 0.29) is 23.9 Å². The summed E-state index contributed by atoms with van der Waals surface area (Å²) >= 11 is 5.30. The summed E-state index contributed by atoms with van der Waals surface area (Å²) in [6.45, 7) is 2.13. The van der Waals surface area contributed by atoms with Gasteiger partial charge in [-0.3, -0.25) is 0 Å². The predicted octanol–water partition coefficient (Wildman–Crippen LogP) is 1.64. The Hall–Kier alpha value is 1.09. The van der Waals surface area contributed by atoms with E-state index in [1.807, 2.05) is 0 Å². The zero-order valence-electron chi connectivity index (χ0n) is 4.00. The molecule has 0 aliphatic heterocycles. The first-order valence-corrected chi connectivity index (χ1v) is 2.51. The first kappa shape index (κ1) is 10.1. The fourth-order valence-electron chi connectivity index (χ4n) is 0.134.